The Kier molecular flexibility index (Phi) is 7.04. The summed E-state index contributed by atoms with van der Waals surface area (Å²) in [6.45, 7) is 2.92. The quantitative estimate of drug-likeness (QED) is 0.414. The summed E-state index contributed by atoms with van der Waals surface area (Å²) in [7, 11) is 0. The number of ether oxygens (including phenoxy) is 3. The molecule has 8 heteroatoms. The maximum Gasteiger partial charge on any atom is 0.338 e. The number of carbonyl (C=O) groups excluding carboxylic acids is 2. The average Bonchev–Trinajstić information content (AvgIpc) is 3.33. The molecule has 4 rings (SSSR count). The highest BCUT2D eigenvalue weighted by atomic mass is 16.5. The topological polar surface area (TPSA) is 104 Å². The molecule has 0 bridgehead atoms. The van der Waals surface area contributed by atoms with E-state index in [1.807, 2.05) is 19.1 Å². The molecule has 33 heavy (non-hydrogen) atoms. The second kappa shape index (κ2) is 10.3. The number of carbonyl (C=O) groups is 2. The third-order valence-corrected chi connectivity index (χ3v) is 5.40. The van der Waals surface area contributed by atoms with Gasteiger partial charge in [-0.05, 0) is 55.2 Å². The Morgan fingerprint density at radius 2 is 1.94 bits per heavy atom. The van der Waals surface area contributed by atoms with Crippen molar-refractivity contribution in [2.24, 2.45) is 0 Å². The Bertz CT molecular complexity index is 1190. The summed E-state index contributed by atoms with van der Waals surface area (Å²) in [5.74, 6) is -0.367. The fraction of sp³-hybridized carbons (Fsp3) is 0.320. The van der Waals surface area contributed by atoms with Crippen molar-refractivity contribution < 1.29 is 28.2 Å². The van der Waals surface area contributed by atoms with Crippen molar-refractivity contribution in [2.45, 2.75) is 32.5 Å². The van der Waals surface area contributed by atoms with Gasteiger partial charge in [0.15, 0.2) is 6.61 Å². The zero-order valence-corrected chi connectivity index (χ0v) is 18.3. The minimum atomic E-state index is -0.574. The van der Waals surface area contributed by atoms with Gasteiger partial charge < -0.3 is 23.9 Å². The number of esters is 1. The van der Waals surface area contributed by atoms with Crippen LogP contribution in [0.15, 0.2) is 57.7 Å². The smallest absolute Gasteiger partial charge is 0.338 e. The van der Waals surface area contributed by atoms with Crippen LogP contribution in [0.1, 0.15) is 34.3 Å². The van der Waals surface area contributed by atoms with Crippen LogP contribution in [-0.2, 0) is 20.9 Å². The molecule has 1 amide bonds. The van der Waals surface area contributed by atoms with Crippen LogP contribution in [0.2, 0.25) is 0 Å². The number of rotatable bonds is 8. The van der Waals surface area contributed by atoms with Gasteiger partial charge in [-0.15, -0.1) is 0 Å². The summed E-state index contributed by atoms with van der Waals surface area (Å²) < 4.78 is 21.5. The van der Waals surface area contributed by atoms with Gasteiger partial charge in [0, 0.05) is 30.7 Å². The molecule has 0 unspecified atom stereocenters. The maximum absolute atomic E-state index is 12.2. The highest BCUT2D eigenvalue weighted by Crippen LogP contribution is 2.23. The summed E-state index contributed by atoms with van der Waals surface area (Å²) in [6.07, 6.45) is 1.96. The lowest BCUT2D eigenvalue weighted by atomic mass is 10.1. The molecule has 1 saturated heterocycles. The first kappa shape index (κ1) is 22.5. The van der Waals surface area contributed by atoms with Crippen LogP contribution in [0.25, 0.3) is 11.0 Å². The number of aryl methyl sites for hydroxylation is 1. The van der Waals surface area contributed by atoms with Gasteiger partial charge in [0.25, 0.3) is 5.91 Å². The third kappa shape index (κ3) is 5.98. The van der Waals surface area contributed by atoms with Crippen LogP contribution in [0, 0.1) is 6.92 Å². The van der Waals surface area contributed by atoms with E-state index in [1.54, 1.807) is 30.3 Å². The van der Waals surface area contributed by atoms with Gasteiger partial charge in [0.05, 0.1) is 11.7 Å². The molecule has 1 fully saturated rings. The predicted molar refractivity (Wildman–Crippen MR) is 120 cm³/mol. The molecule has 3 aromatic rings. The van der Waals surface area contributed by atoms with Crippen molar-refractivity contribution in [3.8, 4) is 5.75 Å². The lowest BCUT2D eigenvalue weighted by molar-refractivity contribution is -0.124. The molecule has 0 saturated carbocycles. The minimum Gasteiger partial charge on any atom is -0.489 e. The predicted octanol–water partition coefficient (Wildman–Crippen LogP) is 3.13. The number of fused-ring (bicyclic) bond motifs is 1. The summed E-state index contributed by atoms with van der Waals surface area (Å²) in [5, 5.41) is 3.56. The lowest BCUT2D eigenvalue weighted by Gasteiger charge is -2.11. The van der Waals surface area contributed by atoms with Gasteiger partial charge in [-0.1, -0.05) is 12.1 Å². The molecule has 1 aromatic heterocycles. The van der Waals surface area contributed by atoms with E-state index in [0.29, 0.717) is 23.4 Å². The molecule has 1 aliphatic heterocycles. The monoisotopic (exact) mass is 451 g/mol. The van der Waals surface area contributed by atoms with E-state index in [2.05, 4.69) is 5.32 Å². The van der Waals surface area contributed by atoms with E-state index in [-0.39, 0.29) is 25.2 Å². The van der Waals surface area contributed by atoms with Crippen LogP contribution >= 0.6 is 0 Å². The second-order valence-electron chi connectivity index (χ2n) is 7.91. The number of hydrogen-bond acceptors (Lipinski definition) is 7. The summed E-state index contributed by atoms with van der Waals surface area (Å²) in [4.78, 5) is 35.6. The van der Waals surface area contributed by atoms with Gasteiger partial charge in [0.2, 0.25) is 0 Å². The van der Waals surface area contributed by atoms with Gasteiger partial charge in [0.1, 0.15) is 17.9 Å². The van der Waals surface area contributed by atoms with Gasteiger partial charge in [-0.25, -0.2) is 9.59 Å². The highest BCUT2D eigenvalue weighted by Gasteiger charge is 2.17. The lowest BCUT2D eigenvalue weighted by Crippen LogP contribution is -2.34. The molecular weight excluding hydrogens is 426 g/mol. The highest BCUT2D eigenvalue weighted by molar-refractivity contribution is 5.91. The fourth-order valence-electron chi connectivity index (χ4n) is 3.60. The first-order chi connectivity index (χ1) is 16.0. The number of amides is 1. The Hall–Kier alpha value is -3.65. The van der Waals surface area contributed by atoms with Crippen molar-refractivity contribution in [3.05, 3.63) is 75.6 Å². The summed E-state index contributed by atoms with van der Waals surface area (Å²) >= 11 is 0. The molecule has 1 aliphatic rings. The Morgan fingerprint density at radius 1 is 1.12 bits per heavy atom. The Labute approximate surface area is 190 Å². The number of nitrogens with one attached hydrogen (secondary N) is 1. The van der Waals surface area contributed by atoms with Crippen LogP contribution in [-0.4, -0.2) is 37.7 Å². The zero-order valence-electron chi connectivity index (χ0n) is 18.3. The molecule has 0 spiro atoms. The molecule has 0 radical (unpaired) electrons. The van der Waals surface area contributed by atoms with Crippen molar-refractivity contribution in [1.82, 2.24) is 5.32 Å². The van der Waals surface area contributed by atoms with E-state index < -0.39 is 11.6 Å². The molecule has 1 atom stereocenters. The molecule has 1 N–H and O–H groups in total. The molecule has 172 valence electrons. The standard InChI is InChI=1S/C25H25NO7/c1-16-11-24(28)33-22-12-19(8-9-21(16)22)31-14-17-4-6-18(7-5-17)25(29)32-15-23(27)26-13-20-3-2-10-30-20/h4-9,11-12,20H,2-3,10,13-15H2,1H3,(H,26,27)/t20-/m0/s1. The number of benzene rings is 2. The first-order valence-electron chi connectivity index (χ1n) is 10.8. The minimum absolute atomic E-state index is 0.0386. The fourth-order valence-corrected chi connectivity index (χ4v) is 3.60. The van der Waals surface area contributed by atoms with Crippen molar-refractivity contribution >= 4 is 22.8 Å². The normalized spacial score (nSPS) is 15.4. The second-order valence-corrected chi connectivity index (χ2v) is 7.91. The van der Waals surface area contributed by atoms with Crippen molar-refractivity contribution in [2.75, 3.05) is 19.8 Å². The summed E-state index contributed by atoms with van der Waals surface area (Å²) in [6, 6.07) is 13.5. The molecule has 8 nitrogen and oxygen atoms in total. The Balaban J connectivity index is 1.26. The van der Waals surface area contributed by atoms with Gasteiger partial charge in [-0.2, -0.15) is 0 Å². The van der Waals surface area contributed by atoms with E-state index in [0.717, 1.165) is 36.0 Å². The SMILES string of the molecule is Cc1cc(=O)oc2cc(OCc3ccc(C(=O)OCC(=O)NC[C@@H]4CCCO4)cc3)ccc12. The third-order valence-electron chi connectivity index (χ3n) is 5.40. The van der Waals surface area contributed by atoms with E-state index in [9.17, 15) is 14.4 Å². The average molecular weight is 451 g/mol. The van der Waals surface area contributed by atoms with Crippen LogP contribution in [0.4, 0.5) is 0 Å². The Morgan fingerprint density at radius 3 is 2.70 bits per heavy atom. The van der Waals surface area contributed by atoms with Gasteiger partial charge in [-0.3, -0.25) is 4.79 Å². The summed E-state index contributed by atoms with van der Waals surface area (Å²) in [5.41, 5.74) is 2.09. The molecular formula is C25H25NO7. The van der Waals surface area contributed by atoms with E-state index >= 15 is 0 Å². The van der Waals surface area contributed by atoms with Crippen LogP contribution in [0.5, 0.6) is 5.75 Å². The molecule has 2 heterocycles. The first-order valence-corrected chi connectivity index (χ1v) is 10.8. The molecule has 0 aliphatic carbocycles. The van der Waals surface area contributed by atoms with Crippen LogP contribution < -0.4 is 15.7 Å². The zero-order chi connectivity index (χ0) is 23.2. The van der Waals surface area contributed by atoms with Crippen molar-refractivity contribution in [1.29, 1.82) is 0 Å². The van der Waals surface area contributed by atoms with E-state index in [1.165, 1.54) is 6.07 Å². The number of hydrogen-bond donors (Lipinski definition) is 1. The van der Waals surface area contributed by atoms with E-state index in [4.69, 9.17) is 18.6 Å². The van der Waals surface area contributed by atoms with Gasteiger partial charge >= 0.3 is 11.6 Å². The maximum atomic E-state index is 12.2. The largest absolute Gasteiger partial charge is 0.489 e. The molecule has 2 aromatic carbocycles. The van der Waals surface area contributed by atoms with Crippen LogP contribution in [0.3, 0.4) is 0 Å². The van der Waals surface area contributed by atoms with Crippen molar-refractivity contribution in [3.63, 3.8) is 0 Å².